The van der Waals surface area contributed by atoms with Crippen molar-refractivity contribution < 1.29 is 0 Å². The van der Waals surface area contributed by atoms with Gasteiger partial charge in [0.15, 0.2) is 0 Å². The Labute approximate surface area is 154 Å². The van der Waals surface area contributed by atoms with Crippen LogP contribution in [0, 0.1) is 0 Å². The van der Waals surface area contributed by atoms with Crippen molar-refractivity contribution in [1.29, 1.82) is 0 Å². The second kappa shape index (κ2) is 6.20. The topological polar surface area (TPSA) is 41.9 Å². The van der Waals surface area contributed by atoms with Crippen molar-refractivity contribution in [2.75, 3.05) is 11.4 Å². The molecule has 0 amide bonds. The molecule has 0 spiro atoms. The number of benzene rings is 1. The van der Waals surface area contributed by atoms with Gasteiger partial charge >= 0.3 is 0 Å². The summed E-state index contributed by atoms with van der Waals surface area (Å²) in [4.78, 5) is 16.8. The molecule has 0 radical (unpaired) electrons. The first-order valence-corrected chi connectivity index (χ1v) is 9.48. The summed E-state index contributed by atoms with van der Waals surface area (Å²) >= 11 is 0. The standard InChI is InChI=1S/C22H22N4/c1-15-12-13-26(15)22-24-20-9-5-8-18(20)21(25-22)17-10-11-19(23-14-17)16-6-3-2-4-7-16/h2-4,6-7,10-11,14-15H,5,8-9,12-13H2,1H3/t15-/m0/s1. The molecule has 2 aromatic heterocycles. The highest BCUT2D eigenvalue weighted by Crippen LogP contribution is 2.34. The van der Waals surface area contributed by atoms with E-state index in [2.05, 4.69) is 36.1 Å². The highest BCUT2D eigenvalue weighted by molar-refractivity contribution is 5.68. The minimum absolute atomic E-state index is 0.542. The van der Waals surface area contributed by atoms with Crippen molar-refractivity contribution in [2.24, 2.45) is 0 Å². The van der Waals surface area contributed by atoms with Gasteiger partial charge < -0.3 is 4.90 Å². The lowest BCUT2D eigenvalue weighted by atomic mass is 10.0. The summed E-state index contributed by atoms with van der Waals surface area (Å²) in [5, 5.41) is 0. The molecule has 26 heavy (non-hydrogen) atoms. The second-order valence-electron chi connectivity index (χ2n) is 7.28. The van der Waals surface area contributed by atoms with E-state index in [0.29, 0.717) is 6.04 Å². The number of rotatable bonds is 3. The number of hydrogen-bond acceptors (Lipinski definition) is 4. The zero-order chi connectivity index (χ0) is 17.5. The van der Waals surface area contributed by atoms with Crippen LogP contribution in [-0.4, -0.2) is 27.5 Å². The van der Waals surface area contributed by atoms with Crippen LogP contribution in [0.1, 0.15) is 31.0 Å². The van der Waals surface area contributed by atoms with E-state index >= 15 is 0 Å². The van der Waals surface area contributed by atoms with E-state index in [-0.39, 0.29) is 0 Å². The summed E-state index contributed by atoms with van der Waals surface area (Å²) in [6, 6.07) is 15.1. The molecule has 1 atom stereocenters. The minimum Gasteiger partial charge on any atom is -0.338 e. The molecule has 0 unspecified atom stereocenters. The molecule has 2 aliphatic rings. The fourth-order valence-corrected chi connectivity index (χ4v) is 3.91. The predicted octanol–water partition coefficient (Wildman–Crippen LogP) is 4.29. The van der Waals surface area contributed by atoms with Gasteiger partial charge in [-0.25, -0.2) is 9.97 Å². The number of pyridine rings is 1. The van der Waals surface area contributed by atoms with Gasteiger partial charge in [0.2, 0.25) is 5.95 Å². The molecule has 1 fully saturated rings. The maximum Gasteiger partial charge on any atom is 0.226 e. The highest BCUT2D eigenvalue weighted by Gasteiger charge is 2.29. The van der Waals surface area contributed by atoms with E-state index in [0.717, 1.165) is 47.8 Å². The van der Waals surface area contributed by atoms with Crippen LogP contribution in [0.3, 0.4) is 0 Å². The summed E-state index contributed by atoms with van der Waals surface area (Å²) in [6.07, 6.45) is 6.50. The van der Waals surface area contributed by atoms with Crippen LogP contribution in [0.2, 0.25) is 0 Å². The number of aryl methyl sites for hydroxylation is 1. The molecule has 4 heteroatoms. The molecule has 0 N–H and O–H groups in total. The molecule has 5 rings (SSSR count). The third-order valence-corrected chi connectivity index (χ3v) is 5.60. The number of nitrogens with zero attached hydrogens (tertiary/aromatic N) is 4. The Morgan fingerprint density at radius 2 is 1.85 bits per heavy atom. The number of hydrogen-bond donors (Lipinski definition) is 0. The SMILES string of the molecule is C[C@H]1CCN1c1nc2c(c(-c3ccc(-c4ccccc4)nc3)n1)CCC2. The minimum atomic E-state index is 0.542. The Kier molecular flexibility index (Phi) is 3.70. The third kappa shape index (κ3) is 2.57. The summed E-state index contributed by atoms with van der Waals surface area (Å²) in [7, 11) is 0. The van der Waals surface area contributed by atoms with Gasteiger partial charge in [-0.1, -0.05) is 30.3 Å². The lowest BCUT2D eigenvalue weighted by Gasteiger charge is -2.39. The first-order valence-electron chi connectivity index (χ1n) is 9.48. The van der Waals surface area contributed by atoms with Gasteiger partial charge in [-0.3, -0.25) is 4.98 Å². The van der Waals surface area contributed by atoms with Crippen molar-refractivity contribution in [1.82, 2.24) is 15.0 Å². The molecular weight excluding hydrogens is 320 g/mol. The average Bonchev–Trinajstić information content (AvgIpc) is 3.16. The Morgan fingerprint density at radius 1 is 0.962 bits per heavy atom. The molecule has 1 aliphatic carbocycles. The normalized spacial score (nSPS) is 18.5. The van der Waals surface area contributed by atoms with Crippen LogP contribution in [0.4, 0.5) is 5.95 Å². The van der Waals surface area contributed by atoms with Gasteiger partial charge in [0.1, 0.15) is 0 Å². The van der Waals surface area contributed by atoms with E-state index in [4.69, 9.17) is 15.0 Å². The lowest BCUT2D eigenvalue weighted by Crippen LogP contribution is -2.46. The Balaban J connectivity index is 1.55. The fourth-order valence-electron chi connectivity index (χ4n) is 3.91. The summed E-state index contributed by atoms with van der Waals surface area (Å²) in [6.45, 7) is 3.31. The summed E-state index contributed by atoms with van der Waals surface area (Å²) in [5.41, 5.74) is 6.86. The van der Waals surface area contributed by atoms with E-state index in [9.17, 15) is 0 Å². The molecule has 4 nitrogen and oxygen atoms in total. The van der Waals surface area contributed by atoms with Gasteiger partial charge in [0.25, 0.3) is 0 Å². The van der Waals surface area contributed by atoms with Crippen molar-refractivity contribution in [2.45, 2.75) is 38.6 Å². The third-order valence-electron chi connectivity index (χ3n) is 5.60. The van der Waals surface area contributed by atoms with Crippen molar-refractivity contribution >= 4 is 5.95 Å². The van der Waals surface area contributed by atoms with Gasteiger partial charge in [0.05, 0.1) is 11.4 Å². The molecule has 3 aromatic rings. The Hall–Kier alpha value is -2.75. The monoisotopic (exact) mass is 342 g/mol. The van der Waals surface area contributed by atoms with Crippen molar-refractivity contribution in [3.8, 4) is 22.5 Å². The van der Waals surface area contributed by atoms with Crippen molar-refractivity contribution in [3.05, 3.63) is 59.9 Å². The van der Waals surface area contributed by atoms with Crippen LogP contribution in [0.5, 0.6) is 0 Å². The zero-order valence-corrected chi connectivity index (χ0v) is 15.0. The molecule has 1 aliphatic heterocycles. The predicted molar refractivity (Wildman–Crippen MR) is 104 cm³/mol. The molecule has 0 saturated carbocycles. The van der Waals surface area contributed by atoms with Crippen molar-refractivity contribution in [3.63, 3.8) is 0 Å². The molecule has 0 bridgehead atoms. The number of fused-ring (bicyclic) bond motifs is 1. The van der Waals surface area contributed by atoms with Crippen LogP contribution in [0.15, 0.2) is 48.7 Å². The molecule has 130 valence electrons. The summed E-state index contributed by atoms with van der Waals surface area (Å²) < 4.78 is 0. The second-order valence-corrected chi connectivity index (χ2v) is 7.28. The van der Waals surface area contributed by atoms with E-state index in [1.165, 1.54) is 24.1 Å². The average molecular weight is 342 g/mol. The van der Waals surface area contributed by atoms with E-state index in [1.807, 2.05) is 24.4 Å². The summed E-state index contributed by atoms with van der Waals surface area (Å²) in [5.74, 6) is 0.895. The smallest absolute Gasteiger partial charge is 0.226 e. The first-order chi connectivity index (χ1) is 12.8. The maximum atomic E-state index is 4.96. The quantitative estimate of drug-likeness (QED) is 0.712. The van der Waals surface area contributed by atoms with E-state index in [1.54, 1.807) is 0 Å². The van der Waals surface area contributed by atoms with Gasteiger partial charge in [-0.2, -0.15) is 0 Å². The molecular formula is C22H22N4. The van der Waals surface area contributed by atoms with Crippen LogP contribution in [-0.2, 0) is 12.8 Å². The molecule has 1 saturated heterocycles. The fraction of sp³-hybridized carbons (Fsp3) is 0.318. The number of aromatic nitrogens is 3. The first kappa shape index (κ1) is 15.5. The largest absolute Gasteiger partial charge is 0.338 e. The van der Waals surface area contributed by atoms with Crippen LogP contribution < -0.4 is 4.90 Å². The lowest BCUT2D eigenvalue weighted by molar-refractivity contribution is 0.470. The molecule has 1 aromatic carbocycles. The van der Waals surface area contributed by atoms with Crippen LogP contribution in [0.25, 0.3) is 22.5 Å². The zero-order valence-electron chi connectivity index (χ0n) is 15.0. The van der Waals surface area contributed by atoms with Crippen LogP contribution >= 0.6 is 0 Å². The van der Waals surface area contributed by atoms with E-state index < -0.39 is 0 Å². The number of anilines is 1. The highest BCUT2D eigenvalue weighted by atomic mass is 15.3. The van der Waals surface area contributed by atoms with Gasteiger partial charge in [-0.05, 0) is 44.7 Å². The Bertz CT molecular complexity index is 934. The molecule has 3 heterocycles. The maximum absolute atomic E-state index is 4.96. The van der Waals surface area contributed by atoms with Gasteiger partial charge in [0, 0.05) is 41.2 Å². The Morgan fingerprint density at radius 3 is 2.54 bits per heavy atom. The van der Waals surface area contributed by atoms with Gasteiger partial charge in [-0.15, -0.1) is 0 Å².